The van der Waals surface area contributed by atoms with E-state index >= 15 is 0 Å². The van der Waals surface area contributed by atoms with Gasteiger partial charge in [-0.25, -0.2) is 0 Å². The molecule has 0 aromatic carbocycles. The minimum Gasteiger partial charge on any atom is -0.0525 e. The molecule has 0 aliphatic heterocycles. The summed E-state index contributed by atoms with van der Waals surface area (Å²) in [6.45, 7) is 0. The molecule has 0 heterocycles. The van der Waals surface area contributed by atoms with Gasteiger partial charge >= 0.3 is 0 Å². The molecule has 2 rings (SSSR count). The molecule has 0 bridgehead atoms. The van der Waals surface area contributed by atoms with Crippen LogP contribution in [0.15, 0.2) is 0 Å². The van der Waals surface area contributed by atoms with Crippen molar-refractivity contribution in [3.05, 3.63) is 6.42 Å². The molecule has 9 heavy (non-hydrogen) atoms. The smallest absolute Gasteiger partial charge is 0.0295 e. The first-order chi connectivity index (χ1) is 4.41. The van der Waals surface area contributed by atoms with Crippen molar-refractivity contribution >= 4 is 0 Å². The zero-order valence-electron chi connectivity index (χ0n) is 6.03. The quantitative estimate of drug-likeness (QED) is 0.464. The van der Waals surface area contributed by atoms with Crippen molar-refractivity contribution < 1.29 is 0 Å². The van der Waals surface area contributed by atoms with E-state index in [-0.39, 0.29) is 0 Å². The Kier molecular flexibility index (Phi) is 1.28. The second-order valence-electron chi connectivity index (χ2n) is 3.74. The zero-order chi connectivity index (χ0) is 6.16. The van der Waals surface area contributed by atoms with Gasteiger partial charge in [0.25, 0.3) is 0 Å². The fourth-order valence-corrected chi connectivity index (χ4v) is 2.26. The molecular weight excluding hydrogens is 108 g/mol. The molecule has 0 aromatic heterocycles. The maximum Gasteiger partial charge on any atom is -0.0295 e. The van der Waals surface area contributed by atoms with Crippen LogP contribution in [-0.2, 0) is 0 Å². The molecule has 2 aliphatic carbocycles. The average Bonchev–Trinajstić information content (AvgIpc) is 1.87. The van der Waals surface area contributed by atoms with E-state index in [9.17, 15) is 0 Å². The molecule has 0 heteroatoms. The van der Waals surface area contributed by atoms with E-state index in [4.69, 9.17) is 0 Å². The standard InChI is InChI=1S/C9H15/c1-2-5-9(6-3-1)7-4-8-9/h2H,1,3-8H2. The summed E-state index contributed by atoms with van der Waals surface area (Å²) < 4.78 is 0. The molecule has 0 unspecified atom stereocenters. The Morgan fingerprint density at radius 2 is 1.78 bits per heavy atom. The summed E-state index contributed by atoms with van der Waals surface area (Å²) in [4.78, 5) is 0. The summed E-state index contributed by atoms with van der Waals surface area (Å²) in [5.41, 5.74) is 0.845. The minimum absolute atomic E-state index is 0.845. The van der Waals surface area contributed by atoms with Crippen LogP contribution in [0.4, 0.5) is 0 Å². The Morgan fingerprint density at radius 1 is 1.00 bits per heavy atom. The highest BCUT2D eigenvalue weighted by Gasteiger charge is 2.37. The van der Waals surface area contributed by atoms with E-state index in [0.717, 1.165) is 5.41 Å². The molecule has 2 aliphatic rings. The normalized spacial score (nSPS) is 32.0. The largest absolute Gasteiger partial charge is 0.0525 e. The Bertz CT molecular complexity index is 92.6. The van der Waals surface area contributed by atoms with Crippen molar-refractivity contribution in [2.24, 2.45) is 5.41 Å². The van der Waals surface area contributed by atoms with Crippen molar-refractivity contribution in [2.75, 3.05) is 0 Å². The van der Waals surface area contributed by atoms with Crippen LogP contribution >= 0.6 is 0 Å². The Balaban J connectivity index is 1.93. The molecule has 1 spiro atoms. The summed E-state index contributed by atoms with van der Waals surface area (Å²) in [7, 11) is 0. The lowest BCUT2D eigenvalue weighted by Crippen LogP contribution is -2.31. The predicted molar refractivity (Wildman–Crippen MR) is 39.1 cm³/mol. The van der Waals surface area contributed by atoms with Gasteiger partial charge in [-0.15, -0.1) is 0 Å². The lowest BCUT2D eigenvalue weighted by atomic mass is 9.61. The second-order valence-corrected chi connectivity index (χ2v) is 3.74. The van der Waals surface area contributed by atoms with Gasteiger partial charge in [0, 0.05) is 0 Å². The van der Waals surface area contributed by atoms with Gasteiger partial charge in [0.05, 0.1) is 0 Å². The average molecular weight is 123 g/mol. The van der Waals surface area contributed by atoms with Crippen LogP contribution in [0, 0.1) is 11.8 Å². The molecule has 0 nitrogen and oxygen atoms in total. The molecular formula is C9H15. The first-order valence-electron chi connectivity index (χ1n) is 4.23. The van der Waals surface area contributed by atoms with Gasteiger partial charge in [0.1, 0.15) is 0 Å². The molecule has 0 amide bonds. The highest BCUT2D eigenvalue weighted by atomic mass is 14.4. The van der Waals surface area contributed by atoms with E-state index in [2.05, 4.69) is 6.42 Å². The van der Waals surface area contributed by atoms with Crippen molar-refractivity contribution in [1.82, 2.24) is 0 Å². The molecule has 2 fully saturated rings. The Hall–Kier alpha value is 0. The van der Waals surface area contributed by atoms with E-state index in [1.54, 1.807) is 0 Å². The van der Waals surface area contributed by atoms with E-state index in [1.807, 2.05) is 0 Å². The molecule has 51 valence electrons. The number of rotatable bonds is 0. The lowest BCUT2D eigenvalue weighted by molar-refractivity contribution is 0.0984. The third kappa shape index (κ3) is 0.889. The van der Waals surface area contributed by atoms with Crippen molar-refractivity contribution in [3.63, 3.8) is 0 Å². The van der Waals surface area contributed by atoms with Crippen LogP contribution < -0.4 is 0 Å². The number of hydrogen-bond donors (Lipinski definition) is 0. The molecule has 0 N–H and O–H groups in total. The first kappa shape index (κ1) is 5.76. The summed E-state index contributed by atoms with van der Waals surface area (Å²) in [5.74, 6) is 0. The summed E-state index contributed by atoms with van der Waals surface area (Å²) in [6.07, 6.45) is 12.9. The highest BCUT2D eigenvalue weighted by Crippen LogP contribution is 2.50. The van der Waals surface area contributed by atoms with Gasteiger partial charge < -0.3 is 0 Å². The van der Waals surface area contributed by atoms with Crippen LogP contribution in [0.25, 0.3) is 0 Å². The van der Waals surface area contributed by atoms with Crippen LogP contribution in [-0.4, -0.2) is 0 Å². The molecule has 1 radical (unpaired) electrons. The summed E-state index contributed by atoms with van der Waals surface area (Å²) >= 11 is 0. The van der Waals surface area contributed by atoms with Crippen LogP contribution in [0.1, 0.15) is 44.9 Å². The van der Waals surface area contributed by atoms with E-state index in [0.29, 0.717) is 0 Å². The minimum atomic E-state index is 0.845. The highest BCUT2D eigenvalue weighted by molar-refractivity contribution is 4.94. The molecule has 0 aromatic rings. The van der Waals surface area contributed by atoms with Gasteiger partial charge in [0.2, 0.25) is 0 Å². The molecule has 0 saturated heterocycles. The monoisotopic (exact) mass is 123 g/mol. The van der Waals surface area contributed by atoms with Gasteiger partial charge in [0.15, 0.2) is 0 Å². The van der Waals surface area contributed by atoms with E-state index in [1.165, 1.54) is 44.9 Å². The van der Waals surface area contributed by atoms with Gasteiger partial charge in [-0.1, -0.05) is 19.3 Å². The maximum absolute atomic E-state index is 2.50. The van der Waals surface area contributed by atoms with Crippen LogP contribution in [0.5, 0.6) is 0 Å². The zero-order valence-corrected chi connectivity index (χ0v) is 6.03. The molecule has 2 saturated carbocycles. The third-order valence-corrected chi connectivity index (χ3v) is 3.11. The summed E-state index contributed by atoms with van der Waals surface area (Å²) in [5, 5.41) is 0. The topological polar surface area (TPSA) is 0 Å². The fourth-order valence-electron chi connectivity index (χ4n) is 2.26. The summed E-state index contributed by atoms with van der Waals surface area (Å²) in [6, 6.07) is 0. The van der Waals surface area contributed by atoms with Crippen LogP contribution in [0.3, 0.4) is 0 Å². The fraction of sp³-hybridized carbons (Fsp3) is 0.889. The first-order valence-corrected chi connectivity index (χ1v) is 4.23. The predicted octanol–water partition coefficient (Wildman–Crippen LogP) is 2.93. The van der Waals surface area contributed by atoms with Crippen molar-refractivity contribution in [2.45, 2.75) is 44.9 Å². The second kappa shape index (κ2) is 2.00. The van der Waals surface area contributed by atoms with Crippen molar-refractivity contribution in [1.29, 1.82) is 0 Å². The third-order valence-electron chi connectivity index (χ3n) is 3.11. The Morgan fingerprint density at radius 3 is 2.11 bits per heavy atom. The maximum atomic E-state index is 2.50. The molecule has 0 atom stereocenters. The SMILES string of the molecule is [CH]1CCCC2(C1)CCC2. The van der Waals surface area contributed by atoms with Crippen molar-refractivity contribution in [3.8, 4) is 0 Å². The van der Waals surface area contributed by atoms with Gasteiger partial charge in [-0.2, -0.15) is 0 Å². The van der Waals surface area contributed by atoms with Crippen LogP contribution in [0.2, 0.25) is 0 Å². The number of hydrogen-bond acceptors (Lipinski definition) is 0. The van der Waals surface area contributed by atoms with Gasteiger partial charge in [-0.05, 0) is 37.5 Å². The van der Waals surface area contributed by atoms with E-state index < -0.39 is 0 Å². The lowest BCUT2D eigenvalue weighted by Gasteiger charge is -2.44. The Labute approximate surface area is 57.6 Å². The van der Waals surface area contributed by atoms with Gasteiger partial charge in [-0.3, -0.25) is 0 Å².